The summed E-state index contributed by atoms with van der Waals surface area (Å²) in [5.41, 5.74) is 1.94. The lowest BCUT2D eigenvalue weighted by Gasteiger charge is -2.24. The molecule has 1 amide bonds. The summed E-state index contributed by atoms with van der Waals surface area (Å²) in [5.74, 6) is -0.0100. The summed E-state index contributed by atoms with van der Waals surface area (Å²) in [4.78, 5) is 12.2. The molecule has 0 spiro atoms. The van der Waals surface area contributed by atoms with Gasteiger partial charge in [-0.25, -0.2) is 0 Å². The van der Waals surface area contributed by atoms with Crippen molar-refractivity contribution in [2.45, 2.75) is 51.8 Å². The Balaban J connectivity index is 1.87. The molecule has 1 saturated heterocycles. The molecule has 0 aliphatic carbocycles. The van der Waals surface area contributed by atoms with Crippen LogP contribution in [0.25, 0.3) is 0 Å². The van der Waals surface area contributed by atoms with Crippen molar-refractivity contribution in [1.82, 2.24) is 5.32 Å². The van der Waals surface area contributed by atoms with Crippen molar-refractivity contribution >= 4 is 11.6 Å². The van der Waals surface area contributed by atoms with Gasteiger partial charge < -0.3 is 15.4 Å². The molecule has 1 aliphatic heterocycles. The molecule has 1 heterocycles. The van der Waals surface area contributed by atoms with Gasteiger partial charge in [0.2, 0.25) is 5.91 Å². The van der Waals surface area contributed by atoms with Gasteiger partial charge in [-0.2, -0.15) is 0 Å². The van der Waals surface area contributed by atoms with Crippen molar-refractivity contribution in [3.63, 3.8) is 0 Å². The molecule has 0 aromatic heterocycles. The lowest BCUT2D eigenvalue weighted by molar-refractivity contribution is -0.118. The van der Waals surface area contributed by atoms with Crippen LogP contribution in [0.3, 0.4) is 0 Å². The molecule has 0 bridgehead atoms. The first kappa shape index (κ1) is 15.0. The van der Waals surface area contributed by atoms with E-state index in [1.807, 2.05) is 38.1 Å². The van der Waals surface area contributed by atoms with E-state index in [-0.39, 0.29) is 24.1 Å². The second-order valence-corrected chi connectivity index (χ2v) is 5.53. The number of hydrogen-bond acceptors (Lipinski definition) is 3. The topological polar surface area (TPSA) is 50.4 Å². The zero-order chi connectivity index (χ0) is 14.5. The Morgan fingerprint density at radius 3 is 2.75 bits per heavy atom. The molecule has 2 N–H and O–H groups in total. The highest BCUT2D eigenvalue weighted by Crippen LogP contribution is 2.16. The molecule has 0 saturated carbocycles. The Morgan fingerprint density at radius 1 is 1.35 bits per heavy atom. The van der Waals surface area contributed by atoms with Gasteiger partial charge in [-0.05, 0) is 45.2 Å². The Hall–Kier alpha value is -1.39. The maximum atomic E-state index is 12.2. The van der Waals surface area contributed by atoms with Crippen LogP contribution in [0, 0.1) is 6.92 Å². The smallest absolute Gasteiger partial charge is 0.241 e. The molecular weight excluding hydrogens is 252 g/mol. The number of nitrogens with one attached hydrogen (secondary N) is 2. The highest BCUT2D eigenvalue weighted by atomic mass is 16.5. The maximum Gasteiger partial charge on any atom is 0.241 e. The lowest BCUT2D eigenvalue weighted by Crippen LogP contribution is -2.47. The van der Waals surface area contributed by atoms with Crippen molar-refractivity contribution < 1.29 is 9.53 Å². The highest BCUT2D eigenvalue weighted by molar-refractivity contribution is 5.95. The predicted octanol–water partition coefficient (Wildman–Crippen LogP) is 2.48. The number of carbonyl (C=O) groups is 1. The summed E-state index contributed by atoms with van der Waals surface area (Å²) in [6.45, 7) is 6.79. The molecule has 110 valence electrons. The SMILES string of the molecule is Cc1ccccc1NC(=O)[C@H](C)N[C@H](C)[C@H]1CCCO1. The third-order valence-corrected chi connectivity index (χ3v) is 3.83. The van der Waals surface area contributed by atoms with Crippen LogP contribution >= 0.6 is 0 Å². The molecule has 2 rings (SSSR count). The fourth-order valence-corrected chi connectivity index (χ4v) is 2.53. The van der Waals surface area contributed by atoms with Gasteiger partial charge in [0.15, 0.2) is 0 Å². The largest absolute Gasteiger partial charge is 0.377 e. The van der Waals surface area contributed by atoms with Crippen LogP contribution in [-0.4, -0.2) is 30.7 Å². The van der Waals surface area contributed by atoms with Gasteiger partial charge in [0.25, 0.3) is 0 Å². The second kappa shape index (κ2) is 6.86. The van der Waals surface area contributed by atoms with E-state index in [1.165, 1.54) is 0 Å². The van der Waals surface area contributed by atoms with E-state index in [1.54, 1.807) is 0 Å². The first-order valence-corrected chi connectivity index (χ1v) is 7.32. The van der Waals surface area contributed by atoms with Gasteiger partial charge in [-0.15, -0.1) is 0 Å². The average molecular weight is 276 g/mol. The molecule has 4 heteroatoms. The monoisotopic (exact) mass is 276 g/mol. The van der Waals surface area contributed by atoms with Crippen LogP contribution in [0.1, 0.15) is 32.3 Å². The maximum absolute atomic E-state index is 12.2. The standard InChI is InChI=1S/C16H24N2O2/c1-11-7-4-5-8-14(11)18-16(19)13(3)17-12(2)15-9-6-10-20-15/h4-5,7-8,12-13,15,17H,6,9-10H2,1-3H3,(H,18,19)/t12-,13+,15-/m1/s1. The normalized spacial score (nSPS) is 21.4. The van der Waals surface area contributed by atoms with Gasteiger partial charge in [0.05, 0.1) is 12.1 Å². The fraction of sp³-hybridized carbons (Fsp3) is 0.562. The van der Waals surface area contributed by atoms with E-state index in [2.05, 4.69) is 17.6 Å². The van der Waals surface area contributed by atoms with Crippen molar-refractivity contribution in [3.8, 4) is 0 Å². The van der Waals surface area contributed by atoms with Crippen molar-refractivity contribution in [3.05, 3.63) is 29.8 Å². The average Bonchev–Trinajstić information content (AvgIpc) is 2.95. The van der Waals surface area contributed by atoms with Gasteiger partial charge in [0.1, 0.15) is 0 Å². The third-order valence-electron chi connectivity index (χ3n) is 3.83. The first-order valence-electron chi connectivity index (χ1n) is 7.32. The summed E-state index contributed by atoms with van der Waals surface area (Å²) < 4.78 is 5.64. The Morgan fingerprint density at radius 2 is 2.10 bits per heavy atom. The molecule has 4 nitrogen and oxygen atoms in total. The van der Waals surface area contributed by atoms with Crippen molar-refractivity contribution in [2.75, 3.05) is 11.9 Å². The number of ether oxygens (including phenoxy) is 1. The minimum atomic E-state index is -0.242. The number of hydrogen-bond donors (Lipinski definition) is 2. The van der Waals surface area contributed by atoms with Crippen molar-refractivity contribution in [1.29, 1.82) is 0 Å². The fourth-order valence-electron chi connectivity index (χ4n) is 2.53. The Labute approximate surface area is 120 Å². The van der Waals surface area contributed by atoms with Crippen LogP contribution in [0.5, 0.6) is 0 Å². The number of anilines is 1. The summed E-state index contributed by atoms with van der Waals surface area (Å²) in [6.07, 6.45) is 2.41. The van der Waals surface area contributed by atoms with E-state index < -0.39 is 0 Å². The zero-order valence-electron chi connectivity index (χ0n) is 12.5. The molecule has 20 heavy (non-hydrogen) atoms. The molecule has 1 aromatic carbocycles. The molecule has 0 radical (unpaired) electrons. The summed E-state index contributed by atoms with van der Waals surface area (Å²) in [6, 6.07) is 7.75. The van der Waals surface area contributed by atoms with Crippen LogP contribution in [0.4, 0.5) is 5.69 Å². The van der Waals surface area contributed by atoms with Gasteiger partial charge in [0, 0.05) is 18.3 Å². The molecule has 1 fully saturated rings. The van der Waals surface area contributed by atoms with Gasteiger partial charge >= 0.3 is 0 Å². The van der Waals surface area contributed by atoms with E-state index in [0.717, 1.165) is 30.7 Å². The van der Waals surface area contributed by atoms with Crippen LogP contribution in [0.15, 0.2) is 24.3 Å². The van der Waals surface area contributed by atoms with E-state index in [9.17, 15) is 4.79 Å². The third kappa shape index (κ3) is 3.81. The Kier molecular flexibility index (Phi) is 5.15. The zero-order valence-corrected chi connectivity index (χ0v) is 12.5. The first-order chi connectivity index (χ1) is 9.58. The highest BCUT2D eigenvalue weighted by Gasteiger charge is 2.25. The number of benzene rings is 1. The number of para-hydroxylation sites is 1. The quantitative estimate of drug-likeness (QED) is 0.868. The summed E-state index contributed by atoms with van der Waals surface area (Å²) >= 11 is 0. The van der Waals surface area contributed by atoms with E-state index in [4.69, 9.17) is 4.74 Å². The summed E-state index contributed by atoms with van der Waals surface area (Å²) in [5, 5.41) is 6.29. The van der Waals surface area contributed by atoms with Crippen LogP contribution < -0.4 is 10.6 Å². The van der Waals surface area contributed by atoms with Crippen LogP contribution in [-0.2, 0) is 9.53 Å². The minimum Gasteiger partial charge on any atom is -0.377 e. The van der Waals surface area contributed by atoms with Crippen LogP contribution in [0.2, 0.25) is 0 Å². The lowest BCUT2D eigenvalue weighted by atomic mass is 10.1. The molecule has 1 aliphatic rings. The number of amides is 1. The second-order valence-electron chi connectivity index (χ2n) is 5.53. The molecule has 1 aromatic rings. The van der Waals surface area contributed by atoms with Gasteiger partial charge in [-0.3, -0.25) is 4.79 Å². The number of rotatable bonds is 5. The number of aryl methyl sites for hydroxylation is 1. The predicted molar refractivity (Wildman–Crippen MR) is 80.8 cm³/mol. The summed E-state index contributed by atoms with van der Waals surface area (Å²) in [7, 11) is 0. The molecular formula is C16H24N2O2. The van der Waals surface area contributed by atoms with Gasteiger partial charge in [-0.1, -0.05) is 18.2 Å². The molecule has 3 atom stereocenters. The Bertz CT molecular complexity index is 456. The molecule has 0 unspecified atom stereocenters. The number of carbonyl (C=O) groups excluding carboxylic acids is 1. The van der Waals surface area contributed by atoms with Crippen molar-refractivity contribution in [2.24, 2.45) is 0 Å². The minimum absolute atomic E-state index is 0.0100. The van der Waals surface area contributed by atoms with E-state index >= 15 is 0 Å². The van der Waals surface area contributed by atoms with E-state index in [0.29, 0.717) is 0 Å².